The molecule has 3 fully saturated rings. The molecule has 1 atom stereocenters. The molecule has 0 saturated carbocycles. The SMILES string of the molecule is CN(c1ccc(C2CCN(CC(=O)NCCOc3ccc4cc(OCc5ccccc5)c(N5CC(=O)NS5(=O)=O)c(F)c4c3)CC2)cc1)C1CCC(=O)NC1=O. The van der Waals surface area contributed by atoms with Crippen LogP contribution >= 0.6 is 0 Å². The van der Waals surface area contributed by atoms with Gasteiger partial charge in [0.2, 0.25) is 17.7 Å². The van der Waals surface area contributed by atoms with Gasteiger partial charge in [-0.1, -0.05) is 48.5 Å². The lowest BCUT2D eigenvalue weighted by atomic mass is 9.89. The first-order valence-corrected chi connectivity index (χ1v) is 19.9. The molecule has 0 aromatic heterocycles. The first-order valence-electron chi connectivity index (χ1n) is 18.5. The summed E-state index contributed by atoms with van der Waals surface area (Å²) in [6.45, 7) is 1.55. The number of nitrogens with zero attached hydrogens (tertiary/aromatic N) is 3. The van der Waals surface area contributed by atoms with E-state index in [2.05, 4.69) is 27.7 Å². The molecule has 0 spiro atoms. The third-order valence-corrected chi connectivity index (χ3v) is 11.8. The number of imide groups is 1. The van der Waals surface area contributed by atoms with E-state index in [-0.39, 0.29) is 66.9 Å². The molecule has 56 heavy (non-hydrogen) atoms. The van der Waals surface area contributed by atoms with E-state index >= 15 is 4.39 Å². The summed E-state index contributed by atoms with van der Waals surface area (Å²) in [5.74, 6) is -1.69. The molecule has 16 heteroatoms. The normalized spacial score (nSPS) is 18.7. The van der Waals surface area contributed by atoms with Gasteiger partial charge < -0.3 is 19.7 Å². The lowest BCUT2D eigenvalue weighted by Crippen LogP contribution is -2.51. The molecule has 14 nitrogen and oxygen atoms in total. The van der Waals surface area contributed by atoms with Crippen LogP contribution in [0.2, 0.25) is 0 Å². The maximum atomic E-state index is 16.3. The molecule has 3 N–H and O–H groups in total. The van der Waals surface area contributed by atoms with Gasteiger partial charge >= 0.3 is 10.2 Å². The lowest BCUT2D eigenvalue weighted by Gasteiger charge is -2.33. The van der Waals surface area contributed by atoms with Crippen LogP contribution in [0.25, 0.3) is 10.8 Å². The number of halogens is 1. The highest BCUT2D eigenvalue weighted by Crippen LogP contribution is 2.40. The minimum Gasteiger partial charge on any atom is -0.492 e. The first-order chi connectivity index (χ1) is 26.9. The van der Waals surface area contributed by atoms with Gasteiger partial charge in [-0.3, -0.25) is 29.4 Å². The van der Waals surface area contributed by atoms with Gasteiger partial charge in [0, 0.05) is 24.5 Å². The van der Waals surface area contributed by atoms with E-state index in [9.17, 15) is 27.6 Å². The fourth-order valence-corrected chi connectivity index (χ4v) is 8.53. The molecule has 7 rings (SSSR count). The highest BCUT2D eigenvalue weighted by Gasteiger charge is 2.38. The van der Waals surface area contributed by atoms with Gasteiger partial charge in [-0.15, -0.1) is 0 Å². The summed E-state index contributed by atoms with van der Waals surface area (Å²) in [6, 6.07) is 23.2. The van der Waals surface area contributed by atoms with Crippen molar-refractivity contribution in [2.24, 2.45) is 0 Å². The number of carbonyl (C=O) groups is 4. The van der Waals surface area contributed by atoms with Crippen molar-refractivity contribution in [3.63, 3.8) is 0 Å². The van der Waals surface area contributed by atoms with Crippen LogP contribution < -0.4 is 34.0 Å². The number of hydrogen-bond donors (Lipinski definition) is 3. The van der Waals surface area contributed by atoms with E-state index in [4.69, 9.17) is 9.47 Å². The third kappa shape index (κ3) is 8.71. The first kappa shape index (κ1) is 38.5. The van der Waals surface area contributed by atoms with Gasteiger partial charge in [0.25, 0.3) is 5.91 Å². The number of carbonyl (C=O) groups excluding carboxylic acids is 4. The predicted octanol–water partition coefficient (Wildman–Crippen LogP) is 3.35. The number of likely N-dealkylation sites (N-methyl/N-ethyl adjacent to an activating group) is 1. The Bertz CT molecular complexity index is 2230. The van der Waals surface area contributed by atoms with Crippen LogP contribution in [0.15, 0.2) is 78.9 Å². The van der Waals surface area contributed by atoms with E-state index in [0.29, 0.717) is 34.2 Å². The minimum atomic E-state index is -4.34. The fraction of sp³-hybridized carbons (Fsp3) is 0.350. The van der Waals surface area contributed by atoms with Crippen LogP contribution in [0.3, 0.4) is 0 Å². The van der Waals surface area contributed by atoms with Crippen LogP contribution in [0.4, 0.5) is 15.8 Å². The van der Waals surface area contributed by atoms with Crippen molar-refractivity contribution in [3.05, 3.63) is 95.8 Å². The fourth-order valence-electron chi connectivity index (χ4n) is 7.37. The Kier molecular flexibility index (Phi) is 11.4. The molecule has 4 aromatic carbocycles. The summed E-state index contributed by atoms with van der Waals surface area (Å²) >= 11 is 0. The van der Waals surface area contributed by atoms with Gasteiger partial charge in [0.1, 0.15) is 43.0 Å². The predicted molar refractivity (Wildman–Crippen MR) is 207 cm³/mol. The molecule has 294 valence electrons. The van der Waals surface area contributed by atoms with Gasteiger partial charge in [-0.2, -0.15) is 8.42 Å². The van der Waals surface area contributed by atoms with Crippen LogP contribution in [0.5, 0.6) is 11.5 Å². The second kappa shape index (κ2) is 16.5. The molecule has 0 radical (unpaired) electrons. The number of fused-ring (bicyclic) bond motifs is 1. The standard InChI is InChI=1S/C40H43FN6O8S/c1-45(33-13-14-35(48)43-40(33)51)30-10-7-27(8-11-30)28-15-18-46(19-16-28)23-36(49)42-17-20-54-31-12-9-29-21-34(55-25-26-5-3-2-4-6-26)39(38(41)32(29)22-31)47-24-37(50)44-56(47,52)53/h2-12,21-22,28,33H,13-20,23-25H2,1H3,(H,42,49)(H,44,50)(H,43,48,51). The highest BCUT2D eigenvalue weighted by atomic mass is 32.2. The van der Waals surface area contributed by atoms with Gasteiger partial charge in [0.05, 0.1) is 13.1 Å². The smallest absolute Gasteiger partial charge is 0.326 e. The lowest BCUT2D eigenvalue weighted by molar-refractivity contribution is -0.134. The quantitative estimate of drug-likeness (QED) is 0.135. The second-order valence-electron chi connectivity index (χ2n) is 14.1. The second-order valence-corrected chi connectivity index (χ2v) is 15.7. The zero-order chi connectivity index (χ0) is 39.4. The molecule has 3 heterocycles. The minimum absolute atomic E-state index is 0.0368. The molecule has 4 aromatic rings. The zero-order valence-corrected chi connectivity index (χ0v) is 31.6. The number of amides is 4. The van der Waals surface area contributed by atoms with Crippen molar-refractivity contribution in [3.8, 4) is 11.5 Å². The molecule has 3 aliphatic rings. The number of benzene rings is 4. The number of hydrogen-bond acceptors (Lipinski definition) is 10. The molecular formula is C40H43FN6O8S. The van der Waals surface area contributed by atoms with E-state index in [1.807, 2.05) is 59.1 Å². The molecule has 4 amide bonds. The van der Waals surface area contributed by atoms with Crippen molar-refractivity contribution in [2.75, 3.05) is 55.6 Å². The monoisotopic (exact) mass is 786 g/mol. The molecular weight excluding hydrogens is 744 g/mol. The summed E-state index contributed by atoms with van der Waals surface area (Å²) in [5.41, 5.74) is 2.53. The highest BCUT2D eigenvalue weighted by molar-refractivity contribution is 7.92. The third-order valence-electron chi connectivity index (χ3n) is 10.4. The zero-order valence-electron chi connectivity index (χ0n) is 30.8. The molecule has 0 bridgehead atoms. The maximum absolute atomic E-state index is 16.3. The van der Waals surface area contributed by atoms with E-state index in [1.165, 1.54) is 17.7 Å². The number of ether oxygens (including phenoxy) is 2. The molecule has 0 aliphatic carbocycles. The number of likely N-dealkylation sites (tertiary alicyclic amines) is 1. The van der Waals surface area contributed by atoms with Crippen LogP contribution in [0.1, 0.15) is 42.7 Å². The average Bonchev–Trinajstić information content (AvgIpc) is 3.46. The molecule has 3 saturated heterocycles. The van der Waals surface area contributed by atoms with Crippen LogP contribution in [-0.2, 0) is 36.0 Å². The van der Waals surface area contributed by atoms with Crippen molar-refractivity contribution < 1.29 is 41.5 Å². The van der Waals surface area contributed by atoms with Crippen LogP contribution in [0, 0.1) is 5.82 Å². The van der Waals surface area contributed by atoms with Crippen molar-refractivity contribution in [2.45, 2.75) is 44.2 Å². The maximum Gasteiger partial charge on any atom is 0.326 e. The number of nitrogens with one attached hydrogen (secondary N) is 3. The average molecular weight is 787 g/mol. The largest absolute Gasteiger partial charge is 0.492 e. The summed E-state index contributed by atoms with van der Waals surface area (Å²) in [4.78, 5) is 52.7. The number of piperidine rings is 2. The summed E-state index contributed by atoms with van der Waals surface area (Å²) < 4.78 is 56.1. The number of anilines is 2. The Morgan fingerprint density at radius 3 is 2.39 bits per heavy atom. The number of rotatable bonds is 13. The van der Waals surface area contributed by atoms with E-state index in [0.717, 1.165) is 37.2 Å². The summed E-state index contributed by atoms with van der Waals surface area (Å²) in [5, 5.41) is 5.79. The van der Waals surface area contributed by atoms with E-state index < -0.39 is 28.5 Å². The Hall–Kier alpha value is -5.74. The Morgan fingerprint density at radius 1 is 0.946 bits per heavy atom. The topological polar surface area (TPSA) is 167 Å². The Balaban J connectivity index is 0.900. The van der Waals surface area contributed by atoms with Crippen LogP contribution in [-0.4, -0.2) is 89.4 Å². The van der Waals surface area contributed by atoms with Gasteiger partial charge in [-0.25, -0.2) is 13.4 Å². The molecule has 1 unspecified atom stereocenters. The van der Waals surface area contributed by atoms with Gasteiger partial charge in [0.15, 0.2) is 5.82 Å². The molecule has 3 aliphatic heterocycles. The van der Waals surface area contributed by atoms with Crippen molar-refractivity contribution in [1.82, 2.24) is 20.3 Å². The van der Waals surface area contributed by atoms with E-state index in [1.54, 1.807) is 12.1 Å². The summed E-state index contributed by atoms with van der Waals surface area (Å²) in [6.07, 6.45) is 2.61. The Labute approximate surface area is 324 Å². The Morgan fingerprint density at radius 2 is 1.70 bits per heavy atom. The van der Waals surface area contributed by atoms with Crippen molar-refractivity contribution >= 4 is 56.0 Å². The summed E-state index contributed by atoms with van der Waals surface area (Å²) in [7, 11) is -2.48. The van der Waals surface area contributed by atoms with Gasteiger partial charge in [-0.05, 0) is 85.1 Å². The van der Waals surface area contributed by atoms with Crippen molar-refractivity contribution in [1.29, 1.82) is 0 Å².